The van der Waals surface area contributed by atoms with Crippen molar-refractivity contribution in [2.45, 2.75) is 69.1 Å². The number of rotatable bonds is 12. The van der Waals surface area contributed by atoms with Gasteiger partial charge in [-0.2, -0.15) is 0 Å². The predicted molar refractivity (Wildman–Crippen MR) is 218 cm³/mol. The largest absolute Gasteiger partial charge is 0.395 e. The molecule has 0 radical (unpaired) electrons. The Morgan fingerprint density at radius 2 is 1.82 bits per heavy atom. The Morgan fingerprint density at radius 1 is 1.07 bits per heavy atom. The summed E-state index contributed by atoms with van der Waals surface area (Å²) in [5, 5.41) is 23.3. The van der Waals surface area contributed by atoms with Crippen molar-refractivity contribution < 1.29 is 23.5 Å². The molecule has 288 valence electrons. The van der Waals surface area contributed by atoms with Crippen LogP contribution in [0.1, 0.15) is 47.2 Å². The van der Waals surface area contributed by atoms with Crippen LogP contribution < -0.4 is 10.2 Å². The number of nitrogens with one attached hydrogen (secondary N) is 2. The summed E-state index contributed by atoms with van der Waals surface area (Å²) in [5.74, 6) is -1.19. The molecule has 1 fully saturated rings. The molecule has 2 aliphatic rings. The highest BCUT2D eigenvalue weighted by Gasteiger charge is 2.66. The summed E-state index contributed by atoms with van der Waals surface area (Å²) in [6, 6.07) is 30.3. The van der Waals surface area contributed by atoms with Gasteiger partial charge in [0.25, 0.3) is 5.91 Å². The number of aromatic amines is 1. The summed E-state index contributed by atoms with van der Waals surface area (Å²) in [5.41, 5.74) is 4.37. The molecular formula is C43H44ClFN6O4Si. The number of hydrogen-bond donors (Lipinski definition) is 3. The first-order valence-corrected chi connectivity index (χ1v) is 22.3. The molecule has 4 aromatic carbocycles. The number of H-pyrrole nitrogens is 1. The highest BCUT2D eigenvalue weighted by molar-refractivity contribution is 6.72. The first-order chi connectivity index (χ1) is 27.0. The second kappa shape index (κ2) is 15.1. The van der Waals surface area contributed by atoms with E-state index in [0.717, 1.165) is 27.6 Å². The van der Waals surface area contributed by atoms with Crippen LogP contribution in [0.2, 0.25) is 23.7 Å². The number of hydrogen-bond acceptors (Lipinski definition) is 6. The SMILES string of the molecule is C[C@H]1[C@H]([Si](C)(C)F)[C@@H](CCn2cc(C(CO)c3ccccc3)nn2)O[C@]12C(=O)N(Cc1ccc(NC(=O)Cc3c[nH]c4ccccc34)cc1)c1ccc(Cl)cc12. The average Bonchev–Trinajstić information content (AvgIpc) is 3.94. The molecular weight excluding hydrogens is 747 g/mol. The van der Waals surface area contributed by atoms with Crippen molar-refractivity contribution in [3.8, 4) is 0 Å². The number of halogens is 2. The van der Waals surface area contributed by atoms with Crippen LogP contribution in [0.15, 0.2) is 109 Å². The number of carbonyl (C=O) groups excluding carboxylic acids is 2. The molecule has 1 spiro atoms. The molecule has 1 unspecified atom stereocenters. The minimum atomic E-state index is -3.40. The Kier molecular flexibility index (Phi) is 10.2. The van der Waals surface area contributed by atoms with Crippen LogP contribution in [0, 0.1) is 5.92 Å². The van der Waals surface area contributed by atoms with Crippen LogP contribution in [0.5, 0.6) is 0 Å². The van der Waals surface area contributed by atoms with Crippen molar-refractivity contribution in [2.75, 3.05) is 16.8 Å². The van der Waals surface area contributed by atoms with E-state index in [1.165, 1.54) is 0 Å². The smallest absolute Gasteiger partial charge is 0.264 e. The fraction of sp³-hybridized carbons (Fsp3) is 0.302. The molecule has 10 nitrogen and oxygen atoms in total. The van der Waals surface area contributed by atoms with E-state index >= 15 is 4.11 Å². The molecule has 2 aliphatic heterocycles. The van der Waals surface area contributed by atoms with E-state index < -0.39 is 31.6 Å². The molecule has 5 atom stereocenters. The zero-order chi connectivity index (χ0) is 39.2. The van der Waals surface area contributed by atoms with E-state index in [2.05, 4.69) is 20.6 Å². The summed E-state index contributed by atoms with van der Waals surface area (Å²) >= 11 is 6.58. The summed E-state index contributed by atoms with van der Waals surface area (Å²) in [6.07, 6.45) is 3.74. The number of aliphatic hydroxyl groups excluding tert-OH is 1. The van der Waals surface area contributed by atoms with Crippen LogP contribution >= 0.6 is 11.6 Å². The zero-order valence-corrected chi connectivity index (χ0v) is 33.2. The van der Waals surface area contributed by atoms with E-state index in [9.17, 15) is 14.7 Å². The second-order valence-corrected chi connectivity index (χ2v) is 19.7. The van der Waals surface area contributed by atoms with Gasteiger partial charge < -0.3 is 29.2 Å². The maximum absolute atomic E-state index is 16.4. The number of fused-ring (bicyclic) bond motifs is 3. The van der Waals surface area contributed by atoms with Gasteiger partial charge in [-0.1, -0.05) is 84.4 Å². The third-order valence-corrected chi connectivity index (χ3v) is 14.2. The Labute approximate surface area is 330 Å². The van der Waals surface area contributed by atoms with Gasteiger partial charge in [-0.15, -0.1) is 5.10 Å². The van der Waals surface area contributed by atoms with E-state index in [-0.39, 0.29) is 37.3 Å². The molecule has 2 amide bonds. The van der Waals surface area contributed by atoms with Crippen molar-refractivity contribution in [3.63, 3.8) is 0 Å². The maximum atomic E-state index is 16.4. The number of ether oxygens (including phenoxy) is 1. The van der Waals surface area contributed by atoms with Gasteiger partial charge in [-0.05, 0) is 72.6 Å². The normalized spacial score (nSPS) is 21.2. The minimum Gasteiger partial charge on any atom is -0.395 e. The number of carbonyl (C=O) groups is 2. The highest BCUT2D eigenvalue weighted by atomic mass is 35.5. The molecule has 3 N–H and O–H groups in total. The van der Waals surface area contributed by atoms with E-state index in [0.29, 0.717) is 40.6 Å². The van der Waals surface area contributed by atoms with Gasteiger partial charge in [0.2, 0.25) is 14.3 Å². The molecule has 2 aromatic heterocycles. The van der Waals surface area contributed by atoms with Crippen molar-refractivity contribution in [1.82, 2.24) is 20.0 Å². The first kappa shape index (κ1) is 37.8. The number of anilines is 2. The van der Waals surface area contributed by atoms with Crippen molar-refractivity contribution >= 4 is 54.1 Å². The van der Waals surface area contributed by atoms with Crippen LogP contribution in [0.3, 0.4) is 0 Å². The number of aliphatic hydroxyl groups is 1. The third-order valence-electron chi connectivity index (χ3n) is 11.5. The van der Waals surface area contributed by atoms with Crippen LogP contribution in [-0.4, -0.2) is 58.0 Å². The molecule has 0 bridgehead atoms. The zero-order valence-electron chi connectivity index (χ0n) is 31.5. The number of amides is 2. The number of aryl methyl sites for hydroxylation is 1. The molecule has 0 saturated carbocycles. The van der Waals surface area contributed by atoms with Crippen LogP contribution in [0.25, 0.3) is 10.9 Å². The Morgan fingerprint density at radius 3 is 2.57 bits per heavy atom. The van der Waals surface area contributed by atoms with Gasteiger partial charge in [0.05, 0.1) is 43.0 Å². The highest BCUT2D eigenvalue weighted by Crippen LogP contribution is 2.60. The quantitative estimate of drug-likeness (QED) is 0.0850. The number of para-hydroxylation sites is 1. The van der Waals surface area contributed by atoms with Crippen LogP contribution in [0.4, 0.5) is 15.5 Å². The van der Waals surface area contributed by atoms with Crippen LogP contribution in [-0.2, 0) is 39.4 Å². The predicted octanol–water partition coefficient (Wildman–Crippen LogP) is 8.13. The van der Waals surface area contributed by atoms with Gasteiger partial charge in [0, 0.05) is 57.6 Å². The lowest BCUT2D eigenvalue weighted by Crippen LogP contribution is -2.45. The molecule has 56 heavy (non-hydrogen) atoms. The fourth-order valence-corrected chi connectivity index (χ4v) is 11.6. The summed E-state index contributed by atoms with van der Waals surface area (Å²) in [4.78, 5) is 32.7. The molecule has 1 saturated heterocycles. The van der Waals surface area contributed by atoms with Gasteiger partial charge in [0.1, 0.15) is 0 Å². The third kappa shape index (κ3) is 6.95. The number of benzene rings is 4. The lowest BCUT2D eigenvalue weighted by atomic mass is 9.82. The van der Waals surface area contributed by atoms with E-state index in [1.807, 2.05) is 104 Å². The summed E-state index contributed by atoms with van der Waals surface area (Å²) in [7, 11) is -3.40. The number of nitrogens with zero attached hydrogens (tertiary/aromatic N) is 4. The van der Waals surface area contributed by atoms with E-state index in [1.54, 1.807) is 34.8 Å². The topological polar surface area (TPSA) is 125 Å². The molecule has 0 aliphatic carbocycles. The van der Waals surface area contributed by atoms with Gasteiger partial charge in [-0.3, -0.25) is 14.3 Å². The van der Waals surface area contributed by atoms with E-state index in [4.69, 9.17) is 16.3 Å². The van der Waals surface area contributed by atoms with Crippen molar-refractivity contribution in [1.29, 1.82) is 0 Å². The molecule has 4 heterocycles. The second-order valence-electron chi connectivity index (χ2n) is 15.4. The summed E-state index contributed by atoms with van der Waals surface area (Å²) < 4.78 is 25.1. The number of aromatic nitrogens is 4. The van der Waals surface area contributed by atoms with Gasteiger partial charge in [-0.25, -0.2) is 0 Å². The standard InChI is InChI=1S/C43H44ClFN6O4Si/c1-27-41(56(2,3)45)39(19-20-50-25-37(48-49-50)34(26-52)29-9-5-4-6-10-29)55-43(27)35-22-31(44)15-18-38(35)51(42(43)54)24-28-13-16-32(17-14-28)47-40(53)21-30-23-46-36-12-8-7-11-33(30)36/h4-18,22-23,25,27,34,39,41,46,52H,19-21,24,26H2,1-3H3,(H,47,53)/t27-,34?,39+,41-,43+/m0/s1. The monoisotopic (exact) mass is 790 g/mol. The average molecular weight is 791 g/mol. The lowest BCUT2D eigenvalue weighted by Gasteiger charge is -2.31. The van der Waals surface area contributed by atoms with Gasteiger partial charge >= 0.3 is 0 Å². The molecule has 8 rings (SSSR count). The van der Waals surface area contributed by atoms with Crippen molar-refractivity contribution in [3.05, 3.63) is 142 Å². The van der Waals surface area contributed by atoms with Crippen molar-refractivity contribution in [2.24, 2.45) is 5.92 Å². The fourth-order valence-electron chi connectivity index (χ4n) is 8.88. The van der Waals surface area contributed by atoms with Gasteiger partial charge in [0.15, 0.2) is 5.60 Å². The maximum Gasteiger partial charge on any atom is 0.264 e. The Hall–Kier alpha value is -5.14. The lowest BCUT2D eigenvalue weighted by molar-refractivity contribution is -0.146. The molecule has 6 aromatic rings. The first-order valence-electron chi connectivity index (χ1n) is 18.9. The Balaban J connectivity index is 1.00. The Bertz CT molecular complexity index is 2380. The summed E-state index contributed by atoms with van der Waals surface area (Å²) in [6.45, 7) is 5.80. The molecule has 13 heteroatoms. The minimum absolute atomic E-state index is 0.119.